The predicted octanol–water partition coefficient (Wildman–Crippen LogP) is 3.79. The molecule has 0 radical (unpaired) electrons. The minimum absolute atomic E-state index is 0.0415. The highest BCUT2D eigenvalue weighted by molar-refractivity contribution is 5.94. The summed E-state index contributed by atoms with van der Waals surface area (Å²) in [5.74, 6) is 0.529. The first-order valence-corrected chi connectivity index (χ1v) is 10.6. The molecule has 2 aromatic carbocycles. The van der Waals surface area contributed by atoms with E-state index in [4.69, 9.17) is 9.72 Å². The maximum atomic E-state index is 13.2. The Bertz CT molecular complexity index is 1110. The number of carbonyl (C=O) groups is 1. The number of H-pyrrole nitrogens is 1. The van der Waals surface area contributed by atoms with Crippen LogP contribution in [0.3, 0.4) is 0 Å². The standard InChI is InChI=1S/C25H27N3O3/c1-17-21(15-18-7-4-3-5-8-18)24(29)27-23(26-17)22-9-6-14-28(22)25(30)20-12-10-19(11-13-20)16-31-2/h3-5,7-8,10-13,22H,6,9,14-16H2,1-2H3,(H,26,27,29)/t22-/m0/s1. The van der Waals surface area contributed by atoms with Gasteiger partial charge in [-0.3, -0.25) is 9.59 Å². The molecule has 1 aliphatic heterocycles. The van der Waals surface area contributed by atoms with E-state index < -0.39 is 0 Å². The first-order valence-electron chi connectivity index (χ1n) is 10.6. The third-order valence-corrected chi connectivity index (χ3v) is 5.81. The lowest BCUT2D eigenvalue weighted by Gasteiger charge is -2.24. The van der Waals surface area contributed by atoms with E-state index in [1.54, 1.807) is 7.11 Å². The van der Waals surface area contributed by atoms with Crippen molar-refractivity contribution in [1.29, 1.82) is 0 Å². The lowest BCUT2D eigenvalue weighted by Crippen LogP contribution is -2.33. The van der Waals surface area contributed by atoms with Crippen molar-refractivity contribution in [2.45, 2.75) is 38.8 Å². The van der Waals surface area contributed by atoms with E-state index >= 15 is 0 Å². The number of aromatic amines is 1. The fraction of sp³-hybridized carbons (Fsp3) is 0.320. The van der Waals surface area contributed by atoms with Crippen molar-refractivity contribution in [3.8, 4) is 0 Å². The molecule has 2 heterocycles. The Kier molecular flexibility index (Phi) is 6.28. The number of methoxy groups -OCH3 is 1. The number of nitrogens with one attached hydrogen (secondary N) is 1. The van der Waals surface area contributed by atoms with Crippen molar-refractivity contribution in [2.24, 2.45) is 0 Å². The molecular weight excluding hydrogens is 390 g/mol. The number of carbonyl (C=O) groups excluding carboxylic acids is 1. The van der Waals surface area contributed by atoms with Crippen LogP contribution in [0, 0.1) is 6.92 Å². The van der Waals surface area contributed by atoms with E-state index in [1.807, 2.05) is 66.4 Å². The van der Waals surface area contributed by atoms with Crippen molar-refractivity contribution in [2.75, 3.05) is 13.7 Å². The summed E-state index contributed by atoms with van der Waals surface area (Å²) in [6, 6.07) is 17.1. The third kappa shape index (κ3) is 4.59. The molecular formula is C25H27N3O3. The van der Waals surface area contributed by atoms with Crippen LogP contribution in [0.25, 0.3) is 0 Å². The smallest absolute Gasteiger partial charge is 0.254 e. The van der Waals surface area contributed by atoms with Crippen LogP contribution in [0.4, 0.5) is 0 Å². The maximum absolute atomic E-state index is 13.2. The second-order valence-electron chi connectivity index (χ2n) is 7.96. The van der Waals surface area contributed by atoms with Gasteiger partial charge in [0.15, 0.2) is 0 Å². The van der Waals surface area contributed by atoms with E-state index in [9.17, 15) is 9.59 Å². The molecule has 6 nitrogen and oxygen atoms in total. The summed E-state index contributed by atoms with van der Waals surface area (Å²) in [5, 5.41) is 0. The first kappa shape index (κ1) is 21.0. The Morgan fingerprint density at radius 2 is 1.87 bits per heavy atom. The zero-order valence-electron chi connectivity index (χ0n) is 17.9. The van der Waals surface area contributed by atoms with Gasteiger partial charge in [0.25, 0.3) is 11.5 Å². The van der Waals surface area contributed by atoms with Crippen LogP contribution in [0.5, 0.6) is 0 Å². The quantitative estimate of drug-likeness (QED) is 0.662. The molecule has 160 valence electrons. The molecule has 0 unspecified atom stereocenters. The predicted molar refractivity (Wildman–Crippen MR) is 119 cm³/mol. The number of hydrogen-bond donors (Lipinski definition) is 1. The Hall–Kier alpha value is -3.25. The molecule has 6 heteroatoms. The molecule has 3 aromatic rings. The lowest BCUT2D eigenvalue weighted by atomic mass is 10.0. The van der Waals surface area contributed by atoms with Crippen LogP contribution >= 0.6 is 0 Å². The molecule has 1 N–H and O–H groups in total. The molecule has 0 aliphatic carbocycles. The van der Waals surface area contributed by atoms with Crippen molar-refractivity contribution < 1.29 is 9.53 Å². The second-order valence-corrected chi connectivity index (χ2v) is 7.96. The normalized spacial score (nSPS) is 15.9. The summed E-state index contributed by atoms with van der Waals surface area (Å²) in [4.78, 5) is 35.5. The van der Waals surface area contributed by atoms with Gasteiger partial charge in [0.05, 0.1) is 12.6 Å². The molecule has 4 rings (SSSR count). The monoisotopic (exact) mass is 417 g/mol. The summed E-state index contributed by atoms with van der Waals surface area (Å²) in [7, 11) is 1.65. The summed E-state index contributed by atoms with van der Waals surface area (Å²) in [5.41, 5.74) is 3.97. The number of nitrogens with zero attached hydrogens (tertiary/aromatic N) is 2. The Morgan fingerprint density at radius 3 is 2.55 bits per heavy atom. The number of ether oxygens (including phenoxy) is 1. The van der Waals surface area contributed by atoms with Crippen LogP contribution in [-0.4, -0.2) is 34.4 Å². The molecule has 1 aromatic heterocycles. The first-order chi connectivity index (χ1) is 15.1. The fourth-order valence-electron chi connectivity index (χ4n) is 4.17. The maximum Gasteiger partial charge on any atom is 0.254 e. The number of rotatable bonds is 6. The summed E-state index contributed by atoms with van der Waals surface area (Å²) in [6.45, 7) is 3.03. The van der Waals surface area contributed by atoms with E-state index in [-0.39, 0.29) is 17.5 Å². The number of amides is 1. The summed E-state index contributed by atoms with van der Waals surface area (Å²) in [6.07, 6.45) is 2.21. The number of aromatic nitrogens is 2. The average Bonchev–Trinajstić information content (AvgIpc) is 3.27. The van der Waals surface area contributed by atoms with Crippen LogP contribution < -0.4 is 5.56 Å². The van der Waals surface area contributed by atoms with Crippen molar-refractivity contribution in [1.82, 2.24) is 14.9 Å². The number of hydrogen-bond acceptors (Lipinski definition) is 4. The van der Waals surface area contributed by atoms with E-state index in [1.165, 1.54) is 0 Å². The van der Waals surface area contributed by atoms with Gasteiger partial charge in [-0.05, 0) is 43.0 Å². The van der Waals surface area contributed by atoms with Gasteiger partial charge in [-0.1, -0.05) is 42.5 Å². The Balaban J connectivity index is 1.57. The summed E-state index contributed by atoms with van der Waals surface area (Å²) < 4.78 is 5.14. The van der Waals surface area contributed by atoms with Gasteiger partial charge >= 0.3 is 0 Å². The molecule has 0 spiro atoms. The van der Waals surface area contributed by atoms with Crippen molar-refractivity contribution in [3.63, 3.8) is 0 Å². The molecule has 1 fully saturated rings. The highest BCUT2D eigenvalue weighted by Gasteiger charge is 2.32. The van der Waals surface area contributed by atoms with Crippen LogP contribution in [-0.2, 0) is 17.8 Å². The summed E-state index contributed by atoms with van der Waals surface area (Å²) >= 11 is 0. The van der Waals surface area contributed by atoms with Crippen LogP contribution in [0.2, 0.25) is 0 Å². The van der Waals surface area contributed by atoms with E-state index in [2.05, 4.69) is 4.98 Å². The van der Waals surface area contributed by atoms with Gasteiger partial charge < -0.3 is 14.6 Å². The van der Waals surface area contributed by atoms with Crippen LogP contribution in [0.15, 0.2) is 59.4 Å². The number of likely N-dealkylation sites (tertiary alicyclic amines) is 1. The van der Waals surface area contributed by atoms with E-state index in [0.29, 0.717) is 42.2 Å². The molecule has 1 atom stereocenters. The van der Waals surface area contributed by atoms with Gasteiger partial charge in [-0.2, -0.15) is 0 Å². The van der Waals surface area contributed by atoms with Crippen molar-refractivity contribution in [3.05, 3.63) is 98.7 Å². The zero-order chi connectivity index (χ0) is 21.8. The third-order valence-electron chi connectivity index (χ3n) is 5.81. The molecule has 0 saturated carbocycles. The highest BCUT2D eigenvalue weighted by atomic mass is 16.5. The Morgan fingerprint density at radius 1 is 1.13 bits per heavy atom. The minimum Gasteiger partial charge on any atom is -0.380 e. The van der Waals surface area contributed by atoms with Gasteiger partial charge in [-0.15, -0.1) is 0 Å². The largest absolute Gasteiger partial charge is 0.380 e. The van der Waals surface area contributed by atoms with E-state index in [0.717, 1.165) is 24.0 Å². The minimum atomic E-state index is -0.219. The zero-order valence-corrected chi connectivity index (χ0v) is 17.9. The number of benzene rings is 2. The van der Waals surface area contributed by atoms with Gasteiger partial charge in [0, 0.05) is 36.9 Å². The topological polar surface area (TPSA) is 75.3 Å². The van der Waals surface area contributed by atoms with Crippen LogP contribution in [0.1, 0.15) is 57.5 Å². The SMILES string of the molecule is COCc1ccc(C(=O)N2CCC[C@H]2c2nc(C)c(Cc3ccccc3)c(=O)[nH]2)cc1. The van der Waals surface area contributed by atoms with Gasteiger partial charge in [0.1, 0.15) is 5.82 Å². The Labute approximate surface area is 181 Å². The second kappa shape index (κ2) is 9.27. The molecule has 0 bridgehead atoms. The fourth-order valence-corrected chi connectivity index (χ4v) is 4.17. The molecule has 1 saturated heterocycles. The van der Waals surface area contributed by atoms with Gasteiger partial charge in [0.2, 0.25) is 0 Å². The van der Waals surface area contributed by atoms with Crippen molar-refractivity contribution >= 4 is 5.91 Å². The average molecular weight is 418 g/mol. The molecule has 31 heavy (non-hydrogen) atoms. The molecule has 1 amide bonds. The van der Waals surface area contributed by atoms with Gasteiger partial charge in [-0.25, -0.2) is 4.98 Å². The highest BCUT2D eigenvalue weighted by Crippen LogP contribution is 2.31. The lowest BCUT2D eigenvalue weighted by molar-refractivity contribution is 0.0729. The molecule has 1 aliphatic rings. The number of aryl methyl sites for hydroxylation is 1.